The van der Waals surface area contributed by atoms with E-state index in [4.69, 9.17) is 14.2 Å². The summed E-state index contributed by atoms with van der Waals surface area (Å²) < 4.78 is 16.2. The van der Waals surface area contributed by atoms with Crippen molar-refractivity contribution in [1.82, 2.24) is 0 Å². The Morgan fingerprint density at radius 3 is 2.21 bits per heavy atom. The number of carbonyl (C=O) groups is 3. The van der Waals surface area contributed by atoms with Crippen molar-refractivity contribution in [2.75, 3.05) is 13.2 Å². The van der Waals surface area contributed by atoms with E-state index in [1.54, 1.807) is 36.4 Å². The number of ketones is 1. The monoisotopic (exact) mass is 532 g/mol. The van der Waals surface area contributed by atoms with Gasteiger partial charge in [0.15, 0.2) is 5.78 Å². The first-order valence-electron chi connectivity index (χ1n) is 13.9. The van der Waals surface area contributed by atoms with E-state index in [9.17, 15) is 14.4 Å². The van der Waals surface area contributed by atoms with Gasteiger partial charge in [-0.05, 0) is 104 Å². The molecule has 39 heavy (non-hydrogen) atoms. The maximum atomic E-state index is 13.0. The summed E-state index contributed by atoms with van der Waals surface area (Å²) in [6.07, 6.45) is 8.75. The maximum absolute atomic E-state index is 13.0. The van der Waals surface area contributed by atoms with Crippen molar-refractivity contribution < 1.29 is 28.6 Å². The van der Waals surface area contributed by atoms with Gasteiger partial charge >= 0.3 is 11.9 Å². The van der Waals surface area contributed by atoms with Gasteiger partial charge in [0.2, 0.25) is 0 Å². The fraction of sp³-hybridized carbons (Fsp3) is 0.424. The molecule has 2 unspecified atom stereocenters. The quantitative estimate of drug-likeness (QED) is 0.117. The molecule has 1 aliphatic carbocycles. The van der Waals surface area contributed by atoms with Crippen LogP contribution in [0, 0.1) is 17.8 Å². The number of Topliss-reactive ketones (excluding diaryl/α,β-unsaturated/α-hetero) is 1. The first-order chi connectivity index (χ1) is 18.8. The zero-order chi connectivity index (χ0) is 28.2. The molecule has 1 fully saturated rings. The van der Waals surface area contributed by atoms with Gasteiger partial charge in [-0.1, -0.05) is 39.5 Å². The van der Waals surface area contributed by atoms with E-state index in [0.29, 0.717) is 36.2 Å². The number of esters is 2. The lowest BCUT2D eigenvalue weighted by Crippen LogP contribution is -2.30. The Labute approximate surface area is 232 Å². The number of ether oxygens (including phenoxy) is 3. The normalized spacial score (nSPS) is 18.2. The highest BCUT2D eigenvalue weighted by atomic mass is 16.5. The van der Waals surface area contributed by atoms with E-state index in [0.717, 1.165) is 49.7 Å². The lowest BCUT2D eigenvalue weighted by molar-refractivity contribution is -0.137. The van der Waals surface area contributed by atoms with Crippen molar-refractivity contribution in [2.24, 2.45) is 17.8 Å². The zero-order valence-corrected chi connectivity index (χ0v) is 23.3. The van der Waals surface area contributed by atoms with Crippen molar-refractivity contribution >= 4 is 23.8 Å². The molecule has 1 aliphatic rings. The zero-order valence-electron chi connectivity index (χ0n) is 23.3. The predicted octanol–water partition coefficient (Wildman–Crippen LogP) is 7.23. The highest BCUT2D eigenvalue weighted by molar-refractivity contribution is 6.02. The second-order valence-electron chi connectivity index (χ2n) is 10.4. The van der Waals surface area contributed by atoms with Gasteiger partial charge in [0.1, 0.15) is 11.5 Å². The van der Waals surface area contributed by atoms with E-state index in [1.807, 2.05) is 18.2 Å². The fourth-order valence-electron chi connectivity index (χ4n) is 4.67. The number of hydrogen-bond donors (Lipinski definition) is 0. The minimum Gasteiger partial charge on any atom is -0.494 e. The van der Waals surface area contributed by atoms with Crippen LogP contribution in [-0.2, 0) is 14.3 Å². The molecule has 6 heteroatoms. The molecule has 1 saturated carbocycles. The molecule has 0 amide bonds. The van der Waals surface area contributed by atoms with E-state index in [2.05, 4.69) is 27.4 Å². The van der Waals surface area contributed by atoms with Gasteiger partial charge in [-0.25, -0.2) is 9.59 Å². The molecule has 0 radical (unpaired) electrons. The van der Waals surface area contributed by atoms with Gasteiger partial charge in [0.25, 0.3) is 0 Å². The Kier molecular flexibility index (Phi) is 11.5. The lowest BCUT2D eigenvalue weighted by atomic mass is 9.73. The third-order valence-electron chi connectivity index (χ3n) is 7.09. The lowest BCUT2D eigenvalue weighted by Gasteiger charge is -2.30. The Hall–Kier alpha value is -3.67. The predicted molar refractivity (Wildman–Crippen MR) is 153 cm³/mol. The van der Waals surface area contributed by atoms with Gasteiger partial charge in [-0.15, -0.1) is 0 Å². The second-order valence-corrected chi connectivity index (χ2v) is 10.4. The molecule has 2 aromatic rings. The topological polar surface area (TPSA) is 78.9 Å². The summed E-state index contributed by atoms with van der Waals surface area (Å²) >= 11 is 0. The molecular formula is C33H40O6. The summed E-state index contributed by atoms with van der Waals surface area (Å²) in [6, 6.07) is 14.1. The van der Waals surface area contributed by atoms with Crippen LogP contribution in [0.4, 0.5) is 0 Å². The SMILES string of the molecule is C=CC(=O)OCCCCCCOc1ccc(C(=O)Oc2ccc(/C=C3\C(=O)C(C(C)C)CCC3C)cc2)cc1. The Balaban J connectivity index is 1.44. The number of allylic oxidation sites excluding steroid dienone is 1. The average molecular weight is 533 g/mol. The van der Waals surface area contributed by atoms with E-state index in [1.165, 1.54) is 6.08 Å². The summed E-state index contributed by atoms with van der Waals surface area (Å²) in [7, 11) is 0. The fourth-order valence-corrected chi connectivity index (χ4v) is 4.67. The minimum absolute atomic E-state index is 0.0940. The molecule has 3 rings (SSSR count). The van der Waals surface area contributed by atoms with Crippen molar-refractivity contribution in [3.63, 3.8) is 0 Å². The molecule has 0 bridgehead atoms. The van der Waals surface area contributed by atoms with Crippen LogP contribution in [0.5, 0.6) is 11.5 Å². The van der Waals surface area contributed by atoms with Gasteiger partial charge in [-0.2, -0.15) is 0 Å². The summed E-state index contributed by atoms with van der Waals surface area (Å²) in [5.41, 5.74) is 2.24. The van der Waals surface area contributed by atoms with E-state index >= 15 is 0 Å². The summed E-state index contributed by atoms with van der Waals surface area (Å²) in [4.78, 5) is 36.5. The molecule has 2 aromatic carbocycles. The highest BCUT2D eigenvalue weighted by Gasteiger charge is 2.32. The number of unbranched alkanes of at least 4 members (excludes halogenated alkanes) is 3. The molecule has 0 saturated heterocycles. The molecule has 0 aliphatic heterocycles. The van der Waals surface area contributed by atoms with Gasteiger partial charge < -0.3 is 14.2 Å². The van der Waals surface area contributed by atoms with Crippen LogP contribution in [0.2, 0.25) is 0 Å². The maximum Gasteiger partial charge on any atom is 0.343 e. The Morgan fingerprint density at radius 2 is 1.56 bits per heavy atom. The third-order valence-corrected chi connectivity index (χ3v) is 7.09. The first-order valence-corrected chi connectivity index (χ1v) is 13.9. The Morgan fingerprint density at radius 1 is 0.923 bits per heavy atom. The molecular weight excluding hydrogens is 492 g/mol. The van der Waals surface area contributed by atoms with Crippen LogP contribution in [0.3, 0.4) is 0 Å². The number of hydrogen-bond acceptors (Lipinski definition) is 6. The molecule has 0 heterocycles. The Bertz CT molecular complexity index is 1140. The molecule has 208 valence electrons. The van der Waals surface area contributed by atoms with Crippen LogP contribution in [-0.4, -0.2) is 30.9 Å². The van der Waals surface area contributed by atoms with Crippen LogP contribution >= 0.6 is 0 Å². The van der Waals surface area contributed by atoms with E-state index in [-0.39, 0.29) is 23.6 Å². The molecule has 0 aromatic heterocycles. The smallest absolute Gasteiger partial charge is 0.343 e. The van der Waals surface area contributed by atoms with Gasteiger partial charge in [0, 0.05) is 12.0 Å². The summed E-state index contributed by atoms with van der Waals surface area (Å²) in [6.45, 7) is 10.7. The van der Waals surface area contributed by atoms with Crippen LogP contribution in [0.1, 0.15) is 75.2 Å². The van der Waals surface area contributed by atoms with E-state index < -0.39 is 5.97 Å². The van der Waals surface area contributed by atoms with Crippen molar-refractivity contribution in [1.29, 1.82) is 0 Å². The van der Waals surface area contributed by atoms with Crippen LogP contribution in [0.15, 0.2) is 66.8 Å². The number of carbonyl (C=O) groups excluding carboxylic acids is 3. The average Bonchev–Trinajstić information content (AvgIpc) is 2.93. The molecule has 2 atom stereocenters. The van der Waals surface area contributed by atoms with Gasteiger partial charge in [-0.3, -0.25) is 4.79 Å². The number of rotatable bonds is 13. The van der Waals surface area contributed by atoms with Crippen LogP contribution in [0.25, 0.3) is 6.08 Å². The highest BCUT2D eigenvalue weighted by Crippen LogP contribution is 2.35. The van der Waals surface area contributed by atoms with Gasteiger partial charge in [0.05, 0.1) is 18.8 Å². The molecule has 0 N–H and O–H groups in total. The second kappa shape index (κ2) is 15.1. The third kappa shape index (κ3) is 9.24. The van der Waals surface area contributed by atoms with Crippen molar-refractivity contribution in [2.45, 2.75) is 59.3 Å². The molecule has 0 spiro atoms. The first kappa shape index (κ1) is 29.9. The largest absolute Gasteiger partial charge is 0.494 e. The molecule has 6 nitrogen and oxygen atoms in total. The summed E-state index contributed by atoms with van der Waals surface area (Å²) in [5, 5.41) is 0. The summed E-state index contributed by atoms with van der Waals surface area (Å²) in [5.74, 6) is 1.25. The van der Waals surface area contributed by atoms with Crippen LogP contribution < -0.4 is 9.47 Å². The number of benzene rings is 2. The standard InChI is InChI=1S/C33H40O6/c1-5-31(34)38-21-9-7-6-8-20-37-27-17-13-26(14-18-27)33(36)39-28-15-11-25(12-16-28)22-30-24(4)10-19-29(23(2)3)32(30)35/h5,11-18,22-24,29H,1,6-10,19-21H2,2-4H3/b30-22-. The van der Waals surface area contributed by atoms with Crippen molar-refractivity contribution in [3.8, 4) is 11.5 Å². The minimum atomic E-state index is -0.444. The van der Waals surface area contributed by atoms with Crippen molar-refractivity contribution in [3.05, 3.63) is 77.9 Å².